The fraction of sp³-hybridized carbons (Fsp3) is 0.526. The number of urea groups is 1. The Morgan fingerprint density at radius 3 is 2.56 bits per heavy atom. The number of fused-ring (bicyclic) bond motifs is 2. The standard InChI is InChI=1S/C19H24N2O4/c22-17(21-19(24)20-11-13-4-2-1-3-5-13)12-25-18(23)10-16-9-14-6-7-15(16)8-14/h1-5,14-16H,6-12H2,(H2,20,21,22,24)/t14-,15-,16+/m1/s1. The number of amides is 3. The quantitative estimate of drug-likeness (QED) is 0.776. The molecule has 3 rings (SSSR count). The van der Waals surface area contributed by atoms with Gasteiger partial charge in [0.1, 0.15) is 0 Å². The van der Waals surface area contributed by atoms with Crippen LogP contribution in [-0.4, -0.2) is 24.5 Å². The number of ether oxygens (including phenoxy) is 1. The third kappa shape index (κ3) is 5.05. The Bertz CT molecular complexity index is 632. The van der Waals surface area contributed by atoms with Gasteiger partial charge in [-0.15, -0.1) is 0 Å². The van der Waals surface area contributed by atoms with Gasteiger partial charge in [0.05, 0.1) is 0 Å². The van der Waals surface area contributed by atoms with Crippen molar-refractivity contribution in [2.75, 3.05) is 6.61 Å². The van der Waals surface area contributed by atoms with Gasteiger partial charge in [-0.1, -0.05) is 36.8 Å². The summed E-state index contributed by atoms with van der Waals surface area (Å²) in [7, 11) is 0. The molecule has 0 aromatic heterocycles. The first-order valence-electron chi connectivity index (χ1n) is 8.87. The maximum Gasteiger partial charge on any atom is 0.321 e. The molecule has 25 heavy (non-hydrogen) atoms. The second kappa shape index (κ2) is 8.14. The number of carbonyl (C=O) groups is 3. The monoisotopic (exact) mass is 344 g/mol. The number of imide groups is 1. The van der Waals surface area contributed by atoms with Crippen LogP contribution in [0.2, 0.25) is 0 Å². The van der Waals surface area contributed by atoms with E-state index in [0.717, 1.165) is 17.9 Å². The SMILES string of the molecule is O=C(COC(=O)C[C@@H]1C[C@@H]2CC[C@@H]1C2)NC(=O)NCc1ccccc1. The fourth-order valence-electron chi connectivity index (χ4n) is 4.03. The van der Waals surface area contributed by atoms with Gasteiger partial charge in [0.25, 0.3) is 5.91 Å². The van der Waals surface area contributed by atoms with Crippen LogP contribution in [0.15, 0.2) is 30.3 Å². The van der Waals surface area contributed by atoms with Crippen molar-refractivity contribution in [3.63, 3.8) is 0 Å². The van der Waals surface area contributed by atoms with Crippen molar-refractivity contribution in [1.29, 1.82) is 0 Å². The van der Waals surface area contributed by atoms with Gasteiger partial charge in [-0.2, -0.15) is 0 Å². The summed E-state index contributed by atoms with van der Waals surface area (Å²) >= 11 is 0. The first-order valence-corrected chi connectivity index (χ1v) is 8.87. The molecule has 0 heterocycles. The van der Waals surface area contributed by atoms with E-state index in [2.05, 4.69) is 10.6 Å². The topological polar surface area (TPSA) is 84.5 Å². The van der Waals surface area contributed by atoms with Crippen LogP contribution in [0.3, 0.4) is 0 Å². The van der Waals surface area contributed by atoms with Crippen molar-refractivity contribution in [2.45, 2.75) is 38.6 Å². The molecule has 2 aliphatic rings. The molecular weight excluding hydrogens is 320 g/mol. The summed E-state index contributed by atoms with van der Waals surface area (Å²) in [5, 5.41) is 4.74. The van der Waals surface area contributed by atoms with E-state index in [4.69, 9.17) is 4.74 Å². The van der Waals surface area contributed by atoms with Crippen LogP contribution in [-0.2, 0) is 20.9 Å². The maximum atomic E-state index is 11.9. The summed E-state index contributed by atoms with van der Waals surface area (Å²) in [5.74, 6) is 0.863. The van der Waals surface area contributed by atoms with Gasteiger partial charge < -0.3 is 10.1 Å². The Kier molecular flexibility index (Phi) is 5.68. The van der Waals surface area contributed by atoms with Crippen molar-refractivity contribution < 1.29 is 19.1 Å². The first kappa shape index (κ1) is 17.5. The number of esters is 1. The van der Waals surface area contributed by atoms with Crippen molar-refractivity contribution in [2.24, 2.45) is 17.8 Å². The van der Waals surface area contributed by atoms with Crippen LogP contribution in [0.25, 0.3) is 0 Å². The maximum absolute atomic E-state index is 11.9. The smallest absolute Gasteiger partial charge is 0.321 e. The molecule has 0 saturated heterocycles. The highest BCUT2D eigenvalue weighted by Gasteiger charge is 2.40. The average Bonchev–Trinajstić information content (AvgIpc) is 3.22. The number of hydrogen-bond donors (Lipinski definition) is 2. The Balaban J connectivity index is 1.30. The number of nitrogens with one attached hydrogen (secondary N) is 2. The van der Waals surface area contributed by atoms with Crippen LogP contribution < -0.4 is 10.6 Å². The molecule has 0 unspecified atom stereocenters. The largest absolute Gasteiger partial charge is 0.456 e. The molecule has 2 saturated carbocycles. The third-order valence-electron chi connectivity index (χ3n) is 5.23. The number of carbonyl (C=O) groups excluding carboxylic acids is 3. The predicted molar refractivity (Wildman–Crippen MR) is 91.3 cm³/mol. The van der Waals surface area contributed by atoms with Crippen molar-refractivity contribution in [1.82, 2.24) is 10.6 Å². The Hall–Kier alpha value is -2.37. The zero-order valence-corrected chi connectivity index (χ0v) is 14.2. The summed E-state index contributed by atoms with van der Waals surface area (Å²) in [4.78, 5) is 35.2. The van der Waals surface area contributed by atoms with E-state index < -0.39 is 18.5 Å². The highest BCUT2D eigenvalue weighted by Crippen LogP contribution is 2.49. The Morgan fingerprint density at radius 1 is 1.08 bits per heavy atom. The number of hydrogen-bond acceptors (Lipinski definition) is 4. The minimum atomic E-state index is -0.619. The summed E-state index contributed by atoms with van der Waals surface area (Å²) < 4.78 is 5.01. The zero-order chi connectivity index (χ0) is 17.6. The highest BCUT2D eigenvalue weighted by molar-refractivity contribution is 5.95. The van der Waals surface area contributed by atoms with Gasteiger partial charge in [0, 0.05) is 13.0 Å². The molecule has 2 aliphatic carbocycles. The molecule has 3 atom stereocenters. The van der Waals surface area contributed by atoms with E-state index >= 15 is 0 Å². The molecule has 0 radical (unpaired) electrons. The van der Waals surface area contributed by atoms with Gasteiger partial charge >= 0.3 is 12.0 Å². The van der Waals surface area contributed by atoms with E-state index in [1.807, 2.05) is 30.3 Å². The highest BCUT2D eigenvalue weighted by atomic mass is 16.5. The molecule has 2 bridgehead atoms. The molecule has 134 valence electrons. The molecule has 0 spiro atoms. The van der Waals surface area contributed by atoms with Crippen LogP contribution in [0.4, 0.5) is 4.79 Å². The number of rotatable bonds is 6. The third-order valence-corrected chi connectivity index (χ3v) is 5.23. The summed E-state index contributed by atoms with van der Waals surface area (Å²) in [6.45, 7) is -0.0949. The van der Waals surface area contributed by atoms with Gasteiger partial charge in [-0.25, -0.2) is 4.79 Å². The lowest BCUT2D eigenvalue weighted by atomic mass is 9.86. The molecule has 2 fully saturated rings. The van der Waals surface area contributed by atoms with Gasteiger partial charge in [0.15, 0.2) is 6.61 Å². The van der Waals surface area contributed by atoms with E-state index in [9.17, 15) is 14.4 Å². The first-order chi connectivity index (χ1) is 12.1. The number of benzene rings is 1. The van der Waals surface area contributed by atoms with Crippen LogP contribution >= 0.6 is 0 Å². The predicted octanol–water partition coefficient (Wildman–Crippen LogP) is 2.38. The van der Waals surface area contributed by atoms with E-state index in [0.29, 0.717) is 24.8 Å². The van der Waals surface area contributed by atoms with Crippen LogP contribution in [0, 0.1) is 17.8 Å². The average molecular weight is 344 g/mol. The van der Waals surface area contributed by atoms with E-state index in [-0.39, 0.29) is 5.97 Å². The molecule has 1 aromatic rings. The molecule has 0 aliphatic heterocycles. The van der Waals surface area contributed by atoms with E-state index in [1.165, 1.54) is 19.3 Å². The minimum absolute atomic E-state index is 0.323. The molecule has 6 nitrogen and oxygen atoms in total. The zero-order valence-electron chi connectivity index (χ0n) is 14.2. The lowest BCUT2D eigenvalue weighted by Gasteiger charge is -2.20. The van der Waals surface area contributed by atoms with Gasteiger partial charge in [-0.05, 0) is 42.6 Å². The molecular formula is C19H24N2O4. The lowest BCUT2D eigenvalue weighted by molar-refractivity contribution is -0.149. The molecule has 1 aromatic carbocycles. The minimum Gasteiger partial charge on any atom is -0.456 e. The van der Waals surface area contributed by atoms with Gasteiger partial charge in [0.2, 0.25) is 0 Å². The molecule has 2 N–H and O–H groups in total. The Morgan fingerprint density at radius 2 is 1.88 bits per heavy atom. The van der Waals surface area contributed by atoms with Crippen molar-refractivity contribution >= 4 is 17.9 Å². The van der Waals surface area contributed by atoms with Crippen LogP contribution in [0.1, 0.15) is 37.7 Å². The lowest BCUT2D eigenvalue weighted by Crippen LogP contribution is -2.41. The van der Waals surface area contributed by atoms with Crippen molar-refractivity contribution in [3.8, 4) is 0 Å². The second-order valence-corrected chi connectivity index (χ2v) is 7.02. The fourth-order valence-corrected chi connectivity index (χ4v) is 4.03. The summed E-state index contributed by atoms with van der Waals surface area (Å²) in [5.41, 5.74) is 0.933. The summed E-state index contributed by atoms with van der Waals surface area (Å²) in [6, 6.07) is 8.78. The van der Waals surface area contributed by atoms with Gasteiger partial charge in [-0.3, -0.25) is 14.9 Å². The molecule has 6 heteroatoms. The second-order valence-electron chi connectivity index (χ2n) is 7.02. The van der Waals surface area contributed by atoms with Crippen LogP contribution in [0.5, 0.6) is 0 Å². The normalized spacial score (nSPS) is 23.9. The van der Waals surface area contributed by atoms with Crippen molar-refractivity contribution in [3.05, 3.63) is 35.9 Å². The summed E-state index contributed by atoms with van der Waals surface area (Å²) in [6.07, 6.45) is 5.23. The van der Waals surface area contributed by atoms with E-state index in [1.54, 1.807) is 0 Å². The molecule has 3 amide bonds. The Labute approximate surface area is 147 Å².